The lowest BCUT2D eigenvalue weighted by molar-refractivity contribution is -0.139. The average molecular weight is 267 g/mol. The van der Waals surface area contributed by atoms with Crippen molar-refractivity contribution in [1.29, 1.82) is 0 Å². The molecule has 0 aromatic heterocycles. The van der Waals surface area contributed by atoms with Crippen LogP contribution in [0.5, 0.6) is 5.75 Å². The van der Waals surface area contributed by atoms with E-state index in [9.17, 15) is 15.0 Å². The van der Waals surface area contributed by atoms with Gasteiger partial charge in [0.05, 0.1) is 5.37 Å². The minimum Gasteiger partial charge on any atom is -0.507 e. The highest BCUT2D eigenvalue weighted by molar-refractivity contribution is 8.01. The first-order valence-electron chi connectivity index (χ1n) is 5.78. The summed E-state index contributed by atoms with van der Waals surface area (Å²) in [5, 5.41) is 22.1. The molecular weight excluding hydrogens is 250 g/mol. The lowest BCUT2D eigenvalue weighted by Gasteiger charge is -2.20. The van der Waals surface area contributed by atoms with Gasteiger partial charge in [0.2, 0.25) is 0 Å². The van der Waals surface area contributed by atoms with Crippen LogP contribution in [0.2, 0.25) is 0 Å². The first-order valence-corrected chi connectivity index (χ1v) is 6.66. The number of nitrogens with one attached hydrogen (secondary N) is 1. The van der Waals surface area contributed by atoms with E-state index in [0.29, 0.717) is 0 Å². The fourth-order valence-electron chi connectivity index (χ4n) is 2.17. The van der Waals surface area contributed by atoms with Crippen molar-refractivity contribution in [2.75, 3.05) is 0 Å². The molecule has 18 heavy (non-hydrogen) atoms. The Balaban J connectivity index is 2.32. The summed E-state index contributed by atoms with van der Waals surface area (Å²) in [4.78, 5) is 11.2. The molecule has 1 aliphatic rings. The molecule has 1 heterocycles. The van der Waals surface area contributed by atoms with E-state index in [1.54, 1.807) is 0 Å². The molecule has 2 atom stereocenters. The van der Waals surface area contributed by atoms with Crippen LogP contribution in [-0.2, 0) is 4.79 Å². The van der Waals surface area contributed by atoms with Gasteiger partial charge in [0.1, 0.15) is 11.8 Å². The highest BCUT2D eigenvalue weighted by Gasteiger charge is 2.46. The molecule has 5 heteroatoms. The number of thioether (sulfide) groups is 1. The van der Waals surface area contributed by atoms with Crippen LogP contribution in [0.25, 0.3) is 0 Å². The number of phenolic OH excluding ortho intramolecular Hbond substituents is 1. The number of benzene rings is 1. The number of rotatable bonds is 2. The van der Waals surface area contributed by atoms with Gasteiger partial charge in [-0.15, -0.1) is 11.8 Å². The van der Waals surface area contributed by atoms with Gasteiger partial charge >= 0.3 is 5.97 Å². The Kier molecular flexibility index (Phi) is 3.29. The van der Waals surface area contributed by atoms with Gasteiger partial charge in [-0.2, -0.15) is 0 Å². The molecule has 1 aromatic carbocycles. The van der Waals surface area contributed by atoms with E-state index >= 15 is 0 Å². The number of para-hydroxylation sites is 1. The van der Waals surface area contributed by atoms with Crippen LogP contribution in [0.4, 0.5) is 0 Å². The first-order chi connectivity index (χ1) is 8.33. The van der Waals surface area contributed by atoms with E-state index in [2.05, 4.69) is 5.32 Å². The standard InChI is InChI=1S/C13H17NO3S/c1-7-5-4-6-8(9(7)15)11-14-10(12(16)17)13(2,3)18-11/h4-6,10-11,14-15H,1-3H3,(H,16,17). The monoisotopic (exact) mass is 267 g/mol. The van der Waals surface area contributed by atoms with Crippen molar-refractivity contribution in [2.45, 2.75) is 36.9 Å². The molecule has 0 aliphatic carbocycles. The second-order valence-corrected chi connectivity index (χ2v) is 6.81. The van der Waals surface area contributed by atoms with E-state index in [-0.39, 0.29) is 11.1 Å². The summed E-state index contributed by atoms with van der Waals surface area (Å²) in [5.41, 5.74) is 1.54. The zero-order valence-electron chi connectivity index (χ0n) is 10.6. The zero-order valence-corrected chi connectivity index (χ0v) is 11.4. The molecule has 2 rings (SSSR count). The highest BCUT2D eigenvalue weighted by Crippen LogP contribution is 2.47. The van der Waals surface area contributed by atoms with Gasteiger partial charge in [-0.25, -0.2) is 0 Å². The van der Waals surface area contributed by atoms with Crippen molar-refractivity contribution < 1.29 is 15.0 Å². The van der Waals surface area contributed by atoms with Gasteiger partial charge < -0.3 is 10.2 Å². The van der Waals surface area contributed by atoms with Crippen LogP contribution in [0.15, 0.2) is 18.2 Å². The second kappa shape index (κ2) is 4.48. The van der Waals surface area contributed by atoms with Crippen LogP contribution in [-0.4, -0.2) is 27.0 Å². The van der Waals surface area contributed by atoms with Gasteiger partial charge in [-0.3, -0.25) is 10.1 Å². The Morgan fingerprint density at radius 1 is 1.44 bits per heavy atom. The number of aryl methyl sites for hydroxylation is 1. The van der Waals surface area contributed by atoms with Crippen LogP contribution >= 0.6 is 11.8 Å². The Hall–Kier alpha value is -1.20. The van der Waals surface area contributed by atoms with Crippen LogP contribution in [0.3, 0.4) is 0 Å². The van der Waals surface area contributed by atoms with Gasteiger partial charge in [0.25, 0.3) is 0 Å². The summed E-state index contributed by atoms with van der Waals surface area (Å²) in [6.45, 7) is 5.63. The van der Waals surface area contributed by atoms with E-state index < -0.39 is 16.8 Å². The summed E-state index contributed by atoms with van der Waals surface area (Å²) in [6, 6.07) is 4.91. The molecule has 1 fully saturated rings. The summed E-state index contributed by atoms with van der Waals surface area (Å²) >= 11 is 1.53. The third-order valence-electron chi connectivity index (χ3n) is 3.23. The Bertz CT molecular complexity index is 487. The van der Waals surface area contributed by atoms with Crippen LogP contribution in [0.1, 0.15) is 30.3 Å². The van der Waals surface area contributed by atoms with Crippen LogP contribution in [0, 0.1) is 6.92 Å². The van der Waals surface area contributed by atoms with Crippen molar-refractivity contribution >= 4 is 17.7 Å². The van der Waals surface area contributed by atoms with Crippen molar-refractivity contribution in [2.24, 2.45) is 0 Å². The summed E-state index contributed by atoms with van der Waals surface area (Å²) < 4.78 is -0.410. The Labute approximate surface area is 110 Å². The summed E-state index contributed by atoms with van der Waals surface area (Å²) in [6.07, 6.45) is 0. The minimum atomic E-state index is -0.859. The quantitative estimate of drug-likeness (QED) is 0.767. The summed E-state index contributed by atoms with van der Waals surface area (Å²) in [7, 11) is 0. The Morgan fingerprint density at radius 2 is 2.11 bits per heavy atom. The zero-order chi connectivity index (χ0) is 13.5. The predicted octanol–water partition coefficient (Wildman–Crippen LogP) is 2.27. The predicted molar refractivity (Wildman–Crippen MR) is 71.8 cm³/mol. The van der Waals surface area contributed by atoms with Crippen molar-refractivity contribution in [3.8, 4) is 5.75 Å². The fraction of sp³-hybridized carbons (Fsp3) is 0.462. The maximum absolute atomic E-state index is 11.2. The molecule has 0 saturated carbocycles. The smallest absolute Gasteiger partial charge is 0.322 e. The van der Waals surface area contributed by atoms with Crippen molar-refractivity contribution in [3.05, 3.63) is 29.3 Å². The number of aromatic hydroxyl groups is 1. The van der Waals surface area contributed by atoms with E-state index in [1.165, 1.54) is 11.8 Å². The number of carboxylic acids is 1. The topological polar surface area (TPSA) is 69.6 Å². The SMILES string of the molecule is Cc1cccc(C2NC(C(=O)O)C(C)(C)S2)c1O. The Morgan fingerprint density at radius 3 is 2.67 bits per heavy atom. The van der Waals surface area contributed by atoms with E-state index in [1.807, 2.05) is 39.0 Å². The van der Waals surface area contributed by atoms with Gasteiger partial charge in [0.15, 0.2) is 0 Å². The molecule has 2 unspecified atom stereocenters. The highest BCUT2D eigenvalue weighted by atomic mass is 32.2. The van der Waals surface area contributed by atoms with Gasteiger partial charge in [-0.05, 0) is 26.3 Å². The molecule has 1 saturated heterocycles. The molecule has 98 valence electrons. The lowest BCUT2D eigenvalue weighted by atomic mass is 10.0. The second-order valence-electron chi connectivity index (χ2n) is 5.05. The number of phenols is 1. The van der Waals surface area contributed by atoms with Crippen molar-refractivity contribution in [3.63, 3.8) is 0 Å². The normalized spacial score (nSPS) is 26.2. The van der Waals surface area contributed by atoms with Gasteiger partial charge in [0, 0.05) is 10.3 Å². The maximum atomic E-state index is 11.2. The lowest BCUT2D eigenvalue weighted by Crippen LogP contribution is -2.43. The van der Waals surface area contributed by atoms with Crippen molar-refractivity contribution in [1.82, 2.24) is 5.32 Å². The molecular formula is C13H17NO3S. The van der Waals surface area contributed by atoms with E-state index in [4.69, 9.17) is 0 Å². The molecule has 3 N–H and O–H groups in total. The molecule has 0 spiro atoms. The van der Waals surface area contributed by atoms with Gasteiger partial charge in [-0.1, -0.05) is 18.2 Å². The third-order valence-corrected chi connectivity index (χ3v) is 4.70. The molecule has 4 nitrogen and oxygen atoms in total. The number of hydrogen-bond donors (Lipinski definition) is 3. The number of carboxylic acid groups (broad SMARTS) is 1. The fourth-order valence-corrected chi connectivity index (χ4v) is 3.61. The molecule has 1 aromatic rings. The molecule has 0 bridgehead atoms. The van der Waals surface area contributed by atoms with Crippen LogP contribution < -0.4 is 5.32 Å². The van der Waals surface area contributed by atoms with E-state index in [0.717, 1.165) is 11.1 Å². The number of hydrogen-bond acceptors (Lipinski definition) is 4. The minimum absolute atomic E-state index is 0.194. The molecule has 0 radical (unpaired) electrons. The number of carbonyl (C=O) groups is 1. The largest absolute Gasteiger partial charge is 0.507 e. The summed E-state index contributed by atoms with van der Waals surface area (Å²) in [5.74, 6) is -0.619. The average Bonchev–Trinajstić information content (AvgIpc) is 2.58. The number of aliphatic carboxylic acids is 1. The maximum Gasteiger partial charge on any atom is 0.322 e. The molecule has 0 amide bonds. The first kappa shape index (κ1) is 13.2. The molecule has 1 aliphatic heterocycles. The third kappa shape index (κ3) is 2.20.